The van der Waals surface area contributed by atoms with Gasteiger partial charge < -0.3 is 15.7 Å². The maximum atomic E-state index is 13.2. The molecule has 3 N–H and O–H groups in total. The third-order valence-corrected chi connectivity index (χ3v) is 5.80. The topological polar surface area (TPSA) is 113 Å². The Morgan fingerprint density at radius 3 is 2.19 bits per heavy atom. The van der Waals surface area contributed by atoms with Crippen molar-refractivity contribution in [1.29, 1.82) is 0 Å². The van der Waals surface area contributed by atoms with Crippen molar-refractivity contribution >= 4 is 46.8 Å². The van der Waals surface area contributed by atoms with Crippen LogP contribution in [-0.2, 0) is 4.79 Å². The molecule has 0 aliphatic rings. The molecule has 0 bridgehead atoms. The second-order valence-corrected chi connectivity index (χ2v) is 8.62. The minimum atomic E-state index is -1.13. The molecule has 0 fully saturated rings. The van der Waals surface area contributed by atoms with Gasteiger partial charge in [0.15, 0.2) is 5.69 Å². The summed E-state index contributed by atoms with van der Waals surface area (Å²) >= 11 is 12.2. The Morgan fingerprint density at radius 2 is 1.56 bits per heavy atom. The van der Waals surface area contributed by atoms with Crippen molar-refractivity contribution in [2.24, 2.45) is 0 Å². The lowest BCUT2D eigenvalue weighted by Gasteiger charge is -2.18. The number of carbonyl (C=O) groups excluding carboxylic acids is 2. The van der Waals surface area contributed by atoms with Crippen LogP contribution in [0.1, 0.15) is 38.9 Å². The molecule has 1 aromatic heterocycles. The predicted octanol–water partition coefficient (Wildman–Crippen LogP) is 5.38. The summed E-state index contributed by atoms with van der Waals surface area (Å²) in [5.74, 6) is -1.88. The van der Waals surface area contributed by atoms with Gasteiger partial charge in [0.05, 0.1) is 18.2 Å². The molecule has 0 saturated heterocycles. The SMILES string of the molecule is O=C(O)CC(NC(=O)c1cc(NC(=O)c2ccccc2)n(-c2ccccc2)n1)c1ccc(Cl)cc1Cl. The molecule has 4 aromatic rings. The molecule has 0 saturated carbocycles. The fourth-order valence-electron chi connectivity index (χ4n) is 3.55. The number of carboxylic acid groups (broad SMARTS) is 1. The summed E-state index contributed by atoms with van der Waals surface area (Å²) in [6.45, 7) is 0. The summed E-state index contributed by atoms with van der Waals surface area (Å²) in [6.07, 6.45) is -0.413. The van der Waals surface area contributed by atoms with Crippen LogP contribution in [0.15, 0.2) is 84.9 Å². The number of para-hydroxylation sites is 1. The number of nitrogens with zero attached hydrogens (tertiary/aromatic N) is 2. The van der Waals surface area contributed by atoms with Gasteiger partial charge >= 0.3 is 5.97 Å². The second-order valence-electron chi connectivity index (χ2n) is 7.77. The number of hydrogen-bond acceptors (Lipinski definition) is 4. The van der Waals surface area contributed by atoms with Crippen LogP contribution in [0.3, 0.4) is 0 Å². The molecule has 0 aliphatic heterocycles. The number of anilines is 1. The van der Waals surface area contributed by atoms with Crippen molar-refractivity contribution in [2.75, 3.05) is 5.32 Å². The first-order valence-electron chi connectivity index (χ1n) is 10.8. The zero-order valence-corrected chi connectivity index (χ0v) is 20.2. The highest BCUT2D eigenvalue weighted by Crippen LogP contribution is 2.29. The smallest absolute Gasteiger partial charge is 0.305 e. The monoisotopic (exact) mass is 522 g/mol. The van der Waals surface area contributed by atoms with E-state index in [-0.39, 0.29) is 22.4 Å². The number of aliphatic carboxylic acids is 1. The minimum Gasteiger partial charge on any atom is -0.481 e. The summed E-state index contributed by atoms with van der Waals surface area (Å²) in [4.78, 5) is 37.5. The van der Waals surface area contributed by atoms with Crippen molar-refractivity contribution < 1.29 is 19.5 Å². The van der Waals surface area contributed by atoms with Gasteiger partial charge in [0.1, 0.15) is 5.82 Å². The lowest BCUT2D eigenvalue weighted by atomic mass is 10.0. The largest absolute Gasteiger partial charge is 0.481 e. The average molecular weight is 523 g/mol. The van der Waals surface area contributed by atoms with Crippen molar-refractivity contribution in [1.82, 2.24) is 15.1 Å². The van der Waals surface area contributed by atoms with Crippen LogP contribution in [0.25, 0.3) is 5.69 Å². The first-order chi connectivity index (χ1) is 17.3. The summed E-state index contributed by atoms with van der Waals surface area (Å²) < 4.78 is 1.43. The van der Waals surface area contributed by atoms with Gasteiger partial charge in [-0.3, -0.25) is 14.4 Å². The molecule has 4 rings (SSSR count). The number of halogens is 2. The number of aromatic nitrogens is 2. The maximum Gasteiger partial charge on any atom is 0.305 e. The Hall–Kier alpha value is -4.14. The van der Waals surface area contributed by atoms with E-state index in [0.717, 1.165) is 0 Å². The van der Waals surface area contributed by atoms with E-state index in [2.05, 4.69) is 15.7 Å². The average Bonchev–Trinajstić information content (AvgIpc) is 3.28. The van der Waals surface area contributed by atoms with Crippen molar-refractivity contribution in [2.45, 2.75) is 12.5 Å². The van der Waals surface area contributed by atoms with E-state index in [0.29, 0.717) is 21.8 Å². The third-order valence-electron chi connectivity index (χ3n) is 5.24. The first-order valence-corrected chi connectivity index (χ1v) is 11.6. The summed E-state index contributed by atoms with van der Waals surface area (Å²) in [7, 11) is 0. The van der Waals surface area contributed by atoms with Gasteiger partial charge in [0.2, 0.25) is 0 Å². The summed E-state index contributed by atoms with van der Waals surface area (Å²) in [5, 5.41) is 19.8. The van der Waals surface area contributed by atoms with Gasteiger partial charge in [-0.25, -0.2) is 4.68 Å². The molecule has 0 radical (unpaired) electrons. The van der Waals surface area contributed by atoms with E-state index in [1.54, 1.807) is 66.7 Å². The number of nitrogens with one attached hydrogen (secondary N) is 2. The predicted molar refractivity (Wildman–Crippen MR) is 137 cm³/mol. The first kappa shape index (κ1) is 25.0. The maximum absolute atomic E-state index is 13.2. The molecule has 1 unspecified atom stereocenters. The number of benzene rings is 3. The van der Waals surface area contributed by atoms with Crippen LogP contribution in [0.2, 0.25) is 10.0 Å². The fraction of sp³-hybridized carbons (Fsp3) is 0.0769. The van der Waals surface area contributed by atoms with Crippen molar-refractivity contribution in [3.63, 3.8) is 0 Å². The summed E-state index contributed by atoms with van der Waals surface area (Å²) in [6, 6.07) is 22.7. The Labute approximate surface area is 216 Å². The fourth-order valence-corrected chi connectivity index (χ4v) is 4.09. The van der Waals surface area contributed by atoms with Crippen molar-refractivity contribution in [3.8, 4) is 5.69 Å². The second kappa shape index (κ2) is 11.1. The van der Waals surface area contributed by atoms with Crippen molar-refractivity contribution in [3.05, 3.63) is 112 Å². The van der Waals surface area contributed by atoms with Crippen LogP contribution >= 0.6 is 23.2 Å². The van der Waals surface area contributed by atoms with E-state index < -0.39 is 24.3 Å². The standard InChI is InChI=1S/C26H20Cl2N4O4/c27-17-11-12-19(20(28)13-17)21(15-24(33)34)29-26(36)22-14-23(30-25(35)16-7-3-1-4-8-16)32(31-22)18-9-5-2-6-10-18/h1-14,21H,15H2,(H,29,36)(H,30,35)(H,33,34). The van der Waals surface area contributed by atoms with Crippen LogP contribution < -0.4 is 10.6 Å². The Morgan fingerprint density at radius 1 is 0.889 bits per heavy atom. The van der Waals surface area contributed by atoms with Crippen LogP contribution in [0.4, 0.5) is 5.82 Å². The molecular formula is C26H20Cl2N4O4. The number of carboxylic acids is 1. The Balaban J connectivity index is 1.66. The molecular weight excluding hydrogens is 503 g/mol. The van der Waals surface area contributed by atoms with Gasteiger partial charge in [0.25, 0.3) is 11.8 Å². The van der Waals surface area contributed by atoms with Gasteiger partial charge in [-0.15, -0.1) is 0 Å². The zero-order chi connectivity index (χ0) is 25.7. The highest BCUT2D eigenvalue weighted by molar-refractivity contribution is 6.35. The van der Waals surface area contributed by atoms with Crippen LogP contribution in [0, 0.1) is 0 Å². The van der Waals surface area contributed by atoms with E-state index >= 15 is 0 Å². The number of hydrogen-bond donors (Lipinski definition) is 3. The molecule has 10 heteroatoms. The molecule has 182 valence electrons. The van der Waals surface area contributed by atoms with Gasteiger partial charge in [-0.2, -0.15) is 5.10 Å². The highest BCUT2D eigenvalue weighted by atomic mass is 35.5. The van der Waals surface area contributed by atoms with Crippen LogP contribution in [0.5, 0.6) is 0 Å². The lowest BCUT2D eigenvalue weighted by Crippen LogP contribution is -2.30. The van der Waals surface area contributed by atoms with E-state index in [1.165, 1.54) is 16.8 Å². The zero-order valence-electron chi connectivity index (χ0n) is 18.7. The third kappa shape index (κ3) is 5.91. The van der Waals surface area contributed by atoms with Gasteiger partial charge in [0, 0.05) is 21.7 Å². The molecule has 36 heavy (non-hydrogen) atoms. The number of amides is 2. The number of rotatable bonds is 8. The molecule has 2 amide bonds. The van der Waals surface area contributed by atoms with E-state index in [4.69, 9.17) is 23.2 Å². The van der Waals surface area contributed by atoms with E-state index in [1.807, 2.05) is 6.07 Å². The van der Waals surface area contributed by atoms with Gasteiger partial charge in [-0.05, 0) is 42.0 Å². The molecule has 1 heterocycles. The van der Waals surface area contributed by atoms with E-state index in [9.17, 15) is 19.5 Å². The molecule has 0 aliphatic carbocycles. The number of carbonyl (C=O) groups is 3. The van der Waals surface area contributed by atoms with Crippen LogP contribution in [-0.4, -0.2) is 32.7 Å². The molecule has 3 aromatic carbocycles. The quantitative estimate of drug-likeness (QED) is 0.287. The molecule has 8 nitrogen and oxygen atoms in total. The Kier molecular flexibility index (Phi) is 7.68. The van der Waals surface area contributed by atoms with Gasteiger partial charge in [-0.1, -0.05) is 65.7 Å². The summed E-state index contributed by atoms with van der Waals surface area (Å²) in [5.41, 5.74) is 1.42. The lowest BCUT2D eigenvalue weighted by molar-refractivity contribution is -0.137. The molecule has 0 spiro atoms. The highest BCUT2D eigenvalue weighted by Gasteiger charge is 2.24. The minimum absolute atomic E-state index is 0.0253. The molecule has 1 atom stereocenters. The normalized spacial score (nSPS) is 11.5. The Bertz CT molecular complexity index is 1410.